The molecule has 0 saturated heterocycles. The second-order valence-electron chi connectivity index (χ2n) is 3.54. The molecule has 0 aliphatic rings. The monoisotopic (exact) mass is 228 g/mol. The van der Waals surface area contributed by atoms with Gasteiger partial charge in [-0.25, -0.2) is 4.39 Å². The molecule has 0 amide bonds. The Labute approximate surface area is 92.3 Å². The van der Waals surface area contributed by atoms with Crippen LogP contribution in [0.2, 0.25) is 0 Å². The lowest BCUT2D eigenvalue weighted by molar-refractivity contribution is -0.137. The van der Waals surface area contributed by atoms with Gasteiger partial charge in [0.05, 0.1) is 13.5 Å². The number of carboxylic acids is 1. The standard InChI is InChI=1S/C11H13FO4/c1-6(3-11(14)15)7-4-9(13)10(16-2)5-8(7)12/h4-6,13H,3H2,1-2H3,(H,14,15). The van der Waals surface area contributed by atoms with Gasteiger partial charge in [0.15, 0.2) is 11.5 Å². The first-order valence-electron chi connectivity index (χ1n) is 4.74. The zero-order valence-corrected chi connectivity index (χ0v) is 9.03. The zero-order chi connectivity index (χ0) is 12.3. The van der Waals surface area contributed by atoms with Crippen LogP contribution in [0.4, 0.5) is 4.39 Å². The molecule has 5 heteroatoms. The summed E-state index contributed by atoms with van der Waals surface area (Å²) in [6.07, 6.45) is -0.192. The Morgan fingerprint density at radius 3 is 2.69 bits per heavy atom. The van der Waals surface area contributed by atoms with Crippen LogP contribution in [0, 0.1) is 5.82 Å². The molecule has 1 unspecified atom stereocenters. The summed E-state index contributed by atoms with van der Waals surface area (Å²) < 4.78 is 18.3. The summed E-state index contributed by atoms with van der Waals surface area (Å²) in [6, 6.07) is 2.24. The van der Waals surface area contributed by atoms with Crippen LogP contribution in [0.25, 0.3) is 0 Å². The summed E-state index contributed by atoms with van der Waals surface area (Å²) in [6.45, 7) is 1.58. The quantitative estimate of drug-likeness (QED) is 0.828. The fraction of sp³-hybridized carbons (Fsp3) is 0.364. The molecular formula is C11H13FO4. The molecule has 1 atom stereocenters. The topological polar surface area (TPSA) is 66.8 Å². The molecule has 0 aliphatic heterocycles. The molecule has 0 bridgehead atoms. The van der Waals surface area contributed by atoms with Gasteiger partial charge in [0.1, 0.15) is 5.82 Å². The molecule has 4 nitrogen and oxygen atoms in total. The van der Waals surface area contributed by atoms with E-state index in [0.717, 1.165) is 6.07 Å². The van der Waals surface area contributed by atoms with E-state index in [9.17, 15) is 14.3 Å². The van der Waals surface area contributed by atoms with Gasteiger partial charge in [-0.3, -0.25) is 4.79 Å². The van der Waals surface area contributed by atoms with Crippen molar-refractivity contribution in [2.75, 3.05) is 7.11 Å². The molecule has 0 radical (unpaired) electrons. The number of phenols is 1. The fourth-order valence-electron chi connectivity index (χ4n) is 1.47. The number of rotatable bonds is 4. The van der Waals surface area contributed by atoms with Gasteiger partial charge < -0.3 is 14.9 Å². The molecule has 0 fully saturated rings. The molecule has 1 rings (SSSR count). The highest BCUT2D eigenvalue weighted by atomic mass is 19.1. The maximum atomic E-state index is 13.5. The number of carbonyl (C=O) groups is 1. The molecule has 88 valence electrons. The number of aromatic hydroxyl groups is 1. The Kier molecular flexibility index (Phi) is 3.71. The number of halogens is 1. The zero-order valence-electron chi connectivity index (χ0n) is 9.03. The summed E-state index contributed by atoms with van der Waals surface area (Å²) in [5.41, 5.74) is 0.167. The van der Waals surface area contributed by atoms with Gasteiger partial charge in [0.25, 0.3) is 0 Å². The van der Waals surface area contributed by atoms with Crippen molar-refractivity contribution < 1.29 is 24.1 Å². The number of ether oxygens (including phenoxy) is 1. The Morgan fingerprint density at radius 2 is 2.19 bits per heavy atom. The number of carboxylic acid groups (broad SMARTS) is 1. The lowest BCUT2D eigenvalue weighted by Crippen LogP contribution is -2.05. The molecule has 0 saturated carbocycles. The first-order chi connectivity index (χ1) is 7.45. The number of aliphatic carboxylic acids is 1. The summed E-state index contributed by atoms with van der Waals surface area (Å²) in [5.74, 6) is -2.26. The average Bonchev–Trinajstić information content (AvgIpc) is 2.19. The number of benzene rings is 1. The van der Waals surface area contributed by atoms with Crippen molar-refractivity contribution in [3.05, 3.63) is 23.5 Å². The van der Waals surface area contributed by atoms with Crippen molar-refractivity contribution in [1.82, 2.24) is 0 Å². The van der Waals surface area contributed by atoms with E-state index >= 15 is 0 Å². The van der Waals surface area contributed by atoms with Gasteiger partial charge in [0, 0.05) is 6.07 Å². The predicted molar refractivity (Wildman–Crippen MR) is 55.3 cm³/mol. The second-order valence-corrected chi connectivity index (χ2v) is 3.54. The Bertz CT molecular complexity index is 403. The number of hydrogen-bond acceptors (Lipinski definition) is 3. The fourth-order valence-corrected chi connectivity index (χ4v) is 1.47. The third kappa shape index (κ3) is 2.62. The minimum absolute atomic E-state index is 0.0313. The van der Waals surface area contributed by atoms with Gasteiger partial charge in [-0.1, -0.05) is 6.92 Å². The first-order valence-corrected chi connectivity index (χ1v) is 4.74. The lowest BCUT2D eigenvalue weighted by Gasteiger charge is -2.12. The van der Waals surface area contributed by atoms with Crippen LogP contribution in [0.1, 0.15) is 24.8 Å². The predicted octanol–water partition coefficient (Wildman–Crippen LogP) is 2.12. The third-order valence-corrected chi connectivity index (χ3v) is 2.31. The summed E-state index contributed by atoms with van der Waals surface area (Å²) >= 11 is 0. The molecular weight excluding hydrogens is 215 g/mol. The van der Waals surface area contributed by atoms with Crippen LogP contribution < -0.4 is 4.74 Å². The lowest BCUT2D eigenvalue weighted by atomic mass is 9.97. The maximum absolute atomic E-state index is 13.5. The van der Waals surface area contributed by atoms with Crippen LogP contribution in [0.3, 0.4) is 0 Å². The molecule has 1 aromatic carbocycles. The SMILES string of the molecule is COc1cc(F)c(C(C)CC(=O)O)cc1O. The molecule has 0 aromatic heterocycles. The van der Waals surface area contributed by atoms with Crippen molar-refractivity contribution in [2.24, 2.45) is 0 Å². The van der Waals surface area contributed by atoms with Gasteiger partial charge in [0.2, 0.25) is 0 Å². The van der Waals surface area contributed by atoms with Crippen LogP contribution in [-0.2, 0) is 4.79 Å². The highest BCUT2D eigenvalue weighted by Gasteiger charge is 2.17. The van der Waals surface area contributed by atoms with Crippen LogP contribution in [0.15, 0.2) is 12.1 Å². The highest BCUT2D eigenvalue weighted by molar-refractivity contribution is 5.68. The van der Waals surface area contributed by atoms with E-state index in [1.807, 2.05) is 0 Å². The van der Waals surface area contributed by atoms with E-state index in [-0.39, 0.29) is 23.5 Å². The smallest absolute Gasteiger partial charge is 0.303 e. The normalized spacial score (nSPS) is 12.2. The molecule has 0 spiro atoms. The van der Waals surface area contributed by atoms with E-state index in [1.54, 1.807) is 6.92 Å². The third-order valence-electron chi connectivity index (χ3n) is 2.31. The number of methoxy groups -OCH3 is 1. The van der Waals surface area contributed by atoms with Crippen LogP contribution in [0.5, 0.6) is 11.5 Å². The van der Waals surface area contributed by atoms with E-state index < -0.39 is 17.7 Å². The van der Waals surface area contributed by atoms with Gasteiger partial charge >= 0.3 is 5.97 Å². The second kappa shape index (κ2) is 4.83. The minimum atomic E-state index is -1.01. The van der Waals surface area contributed by atoms with E-state index in [4.69, 9.17) is 9.84 Å². The Balaban J connectivity index is 3.05. The van der Waals surface area contributed by atoms with Crippen LogP contribution in [-0.4, -0.2) is 23.3 Å². The van der Waals surface area contributed by atoms with E-state index in [0.29, 0.717) is 0 Å². The summed E-state index contributed by atoms with van der Waals surface area (Å²) in [5, 5.41) is 18.1. The van der Waals surface area contributed by atoms with Crippen molar-refractivity contribution in [3.63, 3.8) is 0 Å². The largest absolute Gasteiger partial charge is 0.504 e. The van der Waals surface area contributed by atoms with Gasteiger partial charge in [-0.05, 0) is 17.5 Å². The summed E-state index contributed by atoms with van der Waals surface area (Å²) in [7, 11) is 1.31. The van der Waals surface area contributed by atoms with Gasteiger partial charge in [-0.15, -0.1) is 0 Å². The highest BCUT2D eigenvalue weighted by Crippen LogP contribution is 2.33. The Hall–Kier alpha value is -1.78. The van der Waals surface area contributed by atoms with Crippen molar-refractivity contribution in [2.45, 2.75) is 19.3 Å². The van der Waals surface area contributed by atoms with Crippen LogP contribution >= 0.6 is 0 Å². The van der Waals surface area contributed by atoms with E-state index in [1.165, 1.54) is 13.2 Å². The Morgan fingerprint density at radius 1 is 1.56 bits per heavy atom. The maximum Gasteiger partial charge on any atom is 0.303 e. The molecule has 1 aromatic rings. The molecule has 2 N–H and O–H groups in total. The van der Waals surface area contributed by atoms with Crippen molar-refractivity contribution in [1.29, 1.82) is 0 Å². The van der Waals surface area contributed by atoms with Gasteiger partial charge in [-0.2, -0.15) is 0 Å². The minimum Gasteiger partial charge on any atom is -0.504 e. The average molecular weight is 228 g/mol. The number of hydrogen-bond donors (Lipinski definition) is 2. The molecule has 16 heavy (non-hydrogen) atoms. The first kappa shape index (κ1) is 12.3. The van der Waals surface area contributed by atoms with E-state index in [2.05, 4.69) is 0 Å². The van der Waals surface area contributed by atoms with Crippen molar-refractivity contribution >= 4 is 5.97 Å². The molecule has 0 heterocycles. The molecule has 0 aliphatic carbocycles. The number of phenolic OH excluding ortho intramolecular Hbond substituents is 1. The summed E-state index contributed by atoms with van der Waals surface area (Å²) in [4.78, 5) is 10.5. The van der Waals surface area contributed by atoms with Crippen molar-refractivity contribution in [3.8, 4) is 11.5 Å².